The molecule has 0 spiro atoms. The largest absolute Gasteiger partial charge is 0.445 e. The normalized spacial score (nSPS) is 12.2. The van der Waals surface area contributed by atoms with E-state index in [0.29, 0.717) is 6.42 Å². The van der Waals surface area contributed by atoms with Gasteiger partial charge in [-0.2, -0.15) is 0 Å². The van der Waals surface area contributed by atoms with Crippen molar-refractivity contribution in [1.29, 1.82) is 0 Å². The molecule has 3 rings (SSSR count). The van der Waals surface area contributed by atoms with Crippen molar-refractivity contribution in [3.05, 3.63) is 106 Å². The highest BCUT2D eigenvalue weighted by molar-refractivity contribution is 5.90. The van der Waals surface area contributed by atoms with Gasteiger partial charge in [-0.1, -0.05) is 74.5 Å². The summed E-state index contributed by atoms with van der Waals surface area (Å²) in [6.45, 7) is 3.85. The first-order chi connectivity index (χ1) is 18.7. The van der Waals surface area contributed by atoms with E-state index < -0.39 is 35.0 Å². The van der Waals surface area contributed by atoms with Gasteiger partial charge in [0.15, 0.2) is 0 Å². The molecule has 10 heteroatoms. The first-order valence-electron chi connectivity index (χ1n) is 12.5. The molecule has 0 aliphatic carbocycles. The van der Waals surface area contributed by atoms with Crippen LogP contribution in [-0.2, 0) is 27.4 Å². The van der Waals surface area contributed by atoms with E-state index in [0.717, 1.165) is 11.1 Å². The SMILES string of the molecule is CC(C)C[C@@H](NC(=O)OCc1ccccc1)C(=O)N[C@@H](Cc1ccccc1)C(=O)Oc1ccc([N+](=O)[O-])cc1. The lowest BCUT2D eigenvalue weighted by Crippen LogP contribution is -2.53. The number of alkyl carbamates (subject to hydrolysis) is 1. The van der Waals surface area contributed by atoms with Gasteiger partial charge in [-0.15, -0.1) is 0 Å². The number of nitrogens with one attached hydrogen (secondary N) is 2. The first-order valence-corrected chi connectivity index (χ1v) is 12.5. The van der Waals surface area contributed by atoms with Crippen molar-refractivity contribution in [2.24, 2.45) is 5.92 Å². The average molecular weight is 534 g/mol. The van der Waals surface area contributed by atoms with Gasteiger partial charge in [0.2, 0.25) is 5.91 Å². The van der Waals surface area contributed by atoms with E-state index in [2.05, 4.69) is 10.6 Å². The van der Waals surface area contributed by atoms with Gasteiger partial charge in [0.25, 0.3) is 5.69 Å². The Morgan fingerprint density at radius 1 is 0.821 bits per heavy atom. The molecule has 0 fully saturated rings. The highest BCUT2D eigenvalue weighted by Gasteiger charge is 2.29. The number of ether oxygens (including phenoxy) is 2. The average Bonchev–Trinajstić information content (AvgIpc) is 2.92. The maximum atomic E-state index is 13.3. The summed E-state index contributed by atoms with van der Waals surface area (Å²) in [7, 11) is 0. The maximum Gasteiger partial charge on any atom is 0.408 e. The number of non-ortho nitro benzene ring substituents is 1. The smallest absolute Gasteiger partial charge is 0.408 e. The summed E-state index contributed by atoms with van der Waals surface area (Å²) >= 11 is 0. The third-order valence-electron chi connectivity index (χ3n) is 5.68. The van der Waals surface area contributed by atoms with Crippen LogP contribution in [-0.4, -0.2) is 35.0 Å². The zero-order valence-corrected chi connectivity index (χ0v) is 21.7. The molecule has 0 bridgehead atoms. The zero-order valence-electron chi connectivity index (χ0n) is 21.7. The molecular formula is C29H31N3O7. The summed E-state index contributed by atoms with van der Waals surface area (Å²) in [5.41, 5.74) is 1.43. The second-order valence-corrected chi connectivity index (χ2v) is 9.31. The van der Waals surface area contributed by atoms with Crippen LogP contribution in [0.5, 0.6) is 5.75 Å². The molecule has 0 aliphatic rings. The molecular weight excluding hydrogens is 502 g/mol. The minimum absolute atomic E-state index is 0.0425. The summed E-state index contributed by atoms with van der Waals surface area (Å²) < 4.78 is 10.7. The maximum absolute atomic E-state index is 13.3. The van der Waals surface area contributed by atoms with Crippen LogP contribution in [0.1, 0.15) is 31.4 Å². The number of nitrogens with zero attached hydrogens (tertiary/aromatic N) is 1. The molecule has 0 aliphatic heterocycles. The number of hydrogen-bond donors (Lipinski definition) is 2. The fourth-order valence-electron chi connectivity index (χ4n) is 3.75. The van der Waals surface area contributed by atoms with Gasteiger partial charge in [-0.3, -0.25) is 14.9 Å². The lowest BCUT2D eigenvalue weighted by molar-refractivity contribution is -0.384. The Labute approximate surface area is 226 Å². The monoisotopic (exact) mass is 533 g/mol. The van der Waals surface area contributed by atoms with Crippen LogP contribution in [0, 0.1) is 16.0 Å². The Kier molecular flexibility index (Phi) is 10.6. The molecule has 39 heavy (non-hydrogen) atoms. The topological polar surface area (TPSA) is 137 Å². The van der Waals surface area contributed by atoms with E-state index >= 15 is 0 Å². The van der Waals surface area contributed by atoms with Crippen LogP contribution in [0.15, 0.2) is 84.9 Å². The summed E-state index contributed by atoms with van der Waals surface area (Å²) in [5.74, 6) is -1.17. The van der Waals surface area contributed by atoms with Gasteiger partial charge in [0, 0.05) is 18.6 Å². The predicted molar refractivity (Wildman–Crippen MR) is 144 cm³/mol. The van der Waals surface area contributed by atoms with Crippen LogP contribution in [0.2, 0.25) is 0 Å². The molecule has 0 unspecified atom stereocenters. The van der Waals surface area contributed by atoms with Gasteiger partial charge in [-0.25, -0.2) is 9.59 Å². The highest BCUT2D eigenvalue weighted by atomic mass is 16.6. The van der Waals surface area contributed by atoms with Crippen LogP contribution in [0.4, 0.5) is 10.5 Å². The van der Waals surface area contributed by atoms with E-state index in [9.17, 15) is 24.5 Å². The summed E-state index contributed by atoms with van der Waals surface area (Å²) in [4.78, 5) is 49.3. The lowest BCUT2D eigenvalue weighted by Gasteiger charge is -2.23. The molecule has 10 nitrogen and oxygen atoms in total. The van der Waals surface area contributed by atoms with Crippen molar-refractivity contribution in [1.82, 2.24) is 10.6 Å². The van der Waals surface area contributed by atoms with Crippen molar-refractivity contribution in [2.45, 2.75) is 45.4 Å². The Balaban J connectivity index is 1.71. The zero-order chi connectivity index (χ0) is 28.2. The van der Waals surface area contributed by atoms with Gasteiger partial charge >= 0.3 is 12.1 Å². The van der Waals surface area contributed by atoms with Crippen LogP contribution in [0.3, 0.4) is 0 Å². The number of nitro groups is 1. The number of hydrogen-bond acceptors (Lipinski definition) is 7. The van der Waals surface area contributed by atoms with Crippen molar-refractivity contribution >= 4 is 23.7 Å². The summed E-state index contributed by atoms with van der Waals surface area (Å²) in [5, 5.41) is 16.2. The van der Waals surface area contributed by atoms with Crippen molar-refractivity contribution < 1.29 is 28.8 Å². The van der Waals surface area contributed by atoms with Crippen LogP contribution >= 0.6 is 0 Å². The number of amides is 2. The molecule has 0 heterocycles. The number of carbonyl (C=O) groups is 3. The fraction of sp³-hybridized carbons (Fsp3) is 0.276. The molecule has 2 amide bonds. The predicted octanol–water partition coefficient (Wildman–Crippen LogP) is 4.57. The summed E-state index contributed by atoms with van der Waals surface area (Å²) in [6, 6.07) is 21.2. The first kappa shape index (κ1) is 28.8. The molecule has 0 saturated heterocycles. The van der Waals surface area contributed by atoms with Crippen molar-refractivity contribution in [3.63, 3.8) is 0 Å². The Hall–Kier alpha value is -4.73. The van der Waals surface area contributed by atoms with E-state index in [4.69, 9.17) is 9.47 Å². The summed E-state index contributed by atoms with van der Waals surface area (Å²) in [6.07, 6.45) is -0.319. The molecule has 3 aromatic carbocycles. The number of benzene rings is 3. The molecule has 2 atom stereocenters. The Bertz CT molecular complexity index is 1250. The van der Waals surface area contributed by atoms with Gasteiger partial charge in [0.05, 0.1) is 4.92 Å². The third-order valence-corrected chi connectivity index (χ3v) is 5.68. The quantitative estimate of drug-likeness (QED) is 0.151. The van der Waals surface area contributed by atoms with E-state index in [1.165, 1.54) is 24.3 Å². The number of nitro benzene ring substituents is 1. The minimum atomic E-state index is -1.09. The fourth-order valence-corrected chi connectivity index (χ4v) is 3.75. The molecule has 0 saturated carbocycles. The Morgan fingerprint density at radius 2 is 1.41 bits per heavy atom. The molecule has 3 aromatic rings. The molecule has 2 N–H and O–H groups in total. The van der Waals surface area contributed by atoms with Gasteiger partial charge < -0.3 is 20.1 Å². The van der Waals surface area contributed by atoms with E-state index in [-0.39, 0.29) is 30.4 Å². The molecule has 204 valence electrons. The number of rotatable bonds is 12. The molecule has 0 aromatic heterocycles. The third kappa shape index (κ3) is 9.58. The van der Waals surface area contributed by atoms with Gasteiger partial charge in [0.1, 0.15) is 24.4 Å². The molecule has 0 radical (unpaired) electrons. The minimum Gasteiger partial charge on any atom is -0.445 e. The van der Waals surface area contributed by atoms with Crippen molar-refractivity contribution in [3.8, 4) is 5.75 Å². The van der Waals surface area contributed by atoms with Crippen LogP contribution in [0.25, 0.3) is 0 Å². The van der Waals surface area contributed by atoms with Gasteiger partial charge in [-0.05, 0) is 35.6 Å². The van der Waals surface area contributed by atoms with Crippen LogP contribution < -0.4 is 15.4 Å². The number of esters is 1. The van der Waals surface area contributed by atoms with E-state index in [1.807, 2.05) is 74.5 Å². The van der Waals surface area contributed by atoms with E-state index in [1.54, 1.807) is 0 Å². The lowest BCUT2D eigenvalue weighted by atomic mass is 10.0. The number of carbonyl (C=O) groups excluding carboxylic acids is 3. The highest BCUT2D eigenvalue weighted by Crippen LogP contribution is 2.18. The standard InChI is InChI=1S/C29H31N3O7/c1-20(2)17-25(31-29(35)38-19-22-11-7-4-8-12-22)27(33)30-26(18-21-9-5-3-6-10-21)28(34)39-24-15-13-23(14-16-24)32(36)37/h3-16,20,25-26H,17-19H2,1-2H3,(H,30,33)(H,31,35)/t25-,26+/m1/s1. The van der Waals surface area contributed by atoms with Crippen molar-refractivity contribution in [2.75, 3.05) is 0 Å². The second-order valence-electron chi connectivity index (χ2n) is 9.31. The second kappa shape index (κ2) is 14.3. The Morgan fingerprint density at radius 3 is 1.97 bits per heavy atom.